The van der Waals surface area contributed by atoms with E-state index in [0.717, 1.165) is 5.56 Å². The van der Waals surface area contributed by atoms with Crippen molar-refractivity contribution < 1.29 is 14.7 Å². The number of halogens is 1. The fourth-order valence-electron chi connectivity index (χ4n) is 1.19. The zero-order valence-electron chi connectivity index (χ0n) is 8.93. The Hall–Kier alpha value is -1.20. The molecular weight excluding hydrogens is 262 g/mol. The van der Waals surface area contributed by atoms with Crippen molar-refractivity contribution in [3.63, 3.8) is 0 Å². The summed E-state index contributed by atoms with van der Waals surface area (Å²) in [7, 11) is 0. The Morgan fingerprint density at radius 2 is 2.35 bits per heavy atom. The second-order valence-electron chi connectivity index (χ2n) is 3.32. The molecule has 1 amide bonds. The van der Waals surface area contributed by atoms with Gasteiger partial charge in [-0.15, -0.1) is 0 Å². The number of nitrogens with one attached hydrogen (secondary N) is 1. The van der Waals surface area contributed by atoms with Crippen LogP contribution in [-0.2, 0) is 15.3 Å². The Morgan fingerprint density at radius 1 is 1.59 bits per heavy atom. The lowest BCUT2D eigenvalue weighted by molar-refractivity contribution is -0.139. The minimum atomic E-state index is -1.03. The summed E-state index contributed by atoms with van der Waals surface area (Å²) in [6.07, 6.45) is 0.402. The van der Waals surface area contributed by atoms with Gasteiger partial charge in [-0.2, -0.15) is 11.8 Å². The molecule has 6 heteroatoms. The van der Waals surface area contributed by atoms with E-state index in [9.17, 15) is 9.59 Å². The largest absolute Gasteiger partial charge is 0.480 e. The number of carboxylic acid groups (broad SMARTS) is 1. The molecular formula is C11H12ClNO3S. The maximum atomic E-state index is 10.7. The summed E-state index contributed by atoms with van der Waals surface area (Å²) in [5.41, 5.74) is 1.03. The molecule has 0 heterocycles. The van der Waals surface area contributed by atoms with Crippen molar-refractivity contribution in [1.82, 2.24) is 5.32 Å². The van der Waals surface area contributed by atoms with Gasteiger partial charge in [0.15, 0.2) is 0 Å². The third-order valence-electron chi connectivity index (χ3n) is 2.01. The first-order valence-corrected chi connectivity index (χ1v) is 6.41. The van der Waals surface area contributed by atoms with Gasteiger partial charge in [-0.05, 0) is 17.7 Å². The van der Waals surface area contributed by atoms with Gasteiger partial charge in [0.2, 0.25) is 6.41 Å². The number of hydrogen-bond acceptors (Lipinski definition) is 3. The fraction of sp³-hybridized carbons (Fsp3) is 0.273. The number of carboxylic acids is 1. The van der Waals surface area contributed by atoms with E-state index in [4.69, 9.17) is 16.7 Å². The van der Waals surface area contributed by atoms with E-state index in [1.54, 1.807) is 6.07 Å². The van der Waals surface area contributed by atoms with Gasteiger partial charge < -0.3 is 10.4 Å². The Bertz CT molecular complexity index is 400. The van der Waals surface area contributed by atoms with Gasteiger partial charge in [0, 0.05) is 16.5 Å². The average Bonchev–Trinajstić information content (AvgIpc) is 2.28. The molecule has 17 heavy (non-hydrogen) atoms. The van der Waals surface area contributed by atoms with Crippen molar-refractivity contribution in [2.45, 2.75) is 11.8 Å². The number of hydrogen-bond donors (Lipinski definition) is 2. The van der Waals surface area contributed by atoms with Crippen molar-refractivity contribution in [1.29, 1.82) is 0 Å². The monoisotopic (exact) mass is 273 g/mol. The van der Waals surface area contributed by atoms with Crippen LogP contribution in [0.5, 0.6) is 0 Å². The summed E-state index contributed by atoms with van der Waals surface area (Å²) in [4.78, 5) is 20.9. The van der Waals surface area contributed by atoms with Gasteiger partial charge in [-0.25, -0.2) is 4.79 Å². The Morgan fingerprint density at radius 3 is 2.94 bits per heavy atom. The molecule has 0 aliphatic rings. The molecule has 1 rings (SSSR count). The normalized spacial score (nSPS) is 11.8. The number of amides is 1. The van der Waals surface area contributed by atoms with Crippen LogP contribution in [0.3, 0.4) is 0 Å². The number of carbonyl (C=O) groups is 2. The van der Waals surface area contributed by atoms with Gasteiger partial charge in [-0.3, -0.25) is 4.79 Å². The predicted molar refractivity (Wildman–Crippen MR) is 68.2 cm³/mol. The lowest BCUT2D eigenvalue weighted by Crippen LogP contribution is -2.37. The van der Waals surface area contributed by atoms with Crippen LogP contribution in [-0.4, -0.2) is 29.3 Å². The highest BCUT2D eigenvalue weighted by Gasteiger charge is 2.15. The van der Waals surface area contributed by atoms with Crippen molar-refractivity contribution in [3.8, 4) is 0 Å². The fourth-order valence-corrected chi connectivity index (χ4v) is 2.41. The molecule has 0 spiro atoms. The summed E-state index contributed by atoms with van der Waals surface area (Å²) < 4.78 is 0. The molecule has 1 aromatic carbocycles. The predicted octanol–water partition coefficient (Wildman–Crippen LogP) is 1.77. The van der Waals surface area contributed by atoms with Crippen LogP contribution in [0.25, 0.3) is 0 Å². The van der Waals surface area contributed by atoms with E-state index in [1.165, 1.54) is 11.8 Å². The molecule has 1 unspecified atom stereocenters. The molecule has 0 bridgehead atoms. The average molecular weight is 274 g/mol. The first-order chi connectivity index (χ1) is 8.13. The van der Waals surface area contributed by atoms with Gasteiger partial charge in [-0.1, -0.05) is 23.7 Å². The van der Waals surface area contributed by atoms with Crippen LogP contribution >= 0.6 is 23.4 Å². The van der Waals surface area contributed by atoms with E-state index in [0.29, 0.717) is 22.9 Å². The van der Waals surface area contributed by atoms with Crippen LogP contribution in [0.2, 0.25) is 5.02 Å². The first-order valence-electron chi connectivity index (χ1n) is 4.88. The molecule has 0 aliphatic heterocycles. The van der Waals surface area contributed by atoms with Crippen molar-refractivity contribution in [2.75, 3.05) is 5.75 Å². The van der Waals surface area contributed by atoms with Crippen LogP contribution in [0.1, 0.15) is 5.56 Å². The van der Waals surface area contributed by atoms with Gasteiger partial charge in [0.05, 0.1) is 0 Å². The van der Waals surface area contributed by atoms with E-state index in [2.05, 4.69) is 5.32 Å². The van der Waals surface area contributed by atoms with E-state index in [1.807, 2.05) is 18.2 Å². The van der Waals surface area contributed by atoms with Crippen molar-refractivity contribution >= 4 is 35.7 Å². The highest BCUT2D eigenvalue weighted by molar-refractivity contribution is 7.98. The Balaban J connectivity index is 2.40. The zero-order valence-corrected chi connectivity index (χ0v) is 10.5. The molecule has 0 aromatic heterocycles. The standard InChI is InChI=1S/C11H12ClNO3S/c12-9-3-1-2-8(4-9)5-17-6-10(11(15)16)13-7-14/h1-4,7,10H,5-6H2,(H,13,14)(H,15,16). The molecule has 4 nitrogen and oxygen atoms in total. The third kappa shape index (κ3) is 5.10. The van der Waals surface area contributed by atoms with Gasteiger partial charge in [0.25, 0.3) is 0 Å². The first kappa shape index (κ1) is 13.9. The number of thioether (sulfide) groups is 1. The molecule has 0 saturated heterocycles. The topological polar surface area (TPSA) is 66.4 Å². The van der Waals surface area contributed by atoms with Crippen LogP contribution < -0.4 is 5.32 Å². The molecule has 0 radical (unpaired) electrons. The number of aliphatic carboxylic acids is 1. The Labute approximate surface area is 108 Å². The summed E-state index contributed by atoms with van der Waals surface area (Å²) in [6.45, 7) is 0. The number of rotatable bonds is 7. The second kappa shape index (κ2) is 7.19. The smallest absolute Gasteiger partial charge is 0.327 e. The highest BCUT2D eigenvalue weighted by Crippen LogP contribution is 2.17. The highest BCUT2D eigenvalue weighted by atomic mass is 35.5. The van der Waals surface area contributed by atoms with E-state index < -0.39 is 12.0 Å². The molecule has 92 valence electrons. The quantitative estimate of drug-likeness (QED) is 0.743. The molecule has 0 fully saturated rings. The summed E-state index contributed by atoms with van der Waals surface area (Å²) in [5, 5.41) is 11.7. The maximum absolute atomic E-state index is 10.7. The van der Waals surface area contributed by atoms with Crippen LogP contribution in [0.15, 0.2) is 24.3 Å². The lowest BCUT2D eigenvalue weighted by atomic mass is 10.2. The van der Waals surface area contributed by atoms with E-state index in [-0.39, 0.29) is 0 Å². The molecule has 0 aliphatic carbocycles. The third-order valence-corrected chi connectivity index (χ3v) is 3.35. The SMILES string of the molecule is O=CNC(CSCc1cccc(Cl)c1)C(=O)O. The zero-order chi connectivity index (χ0) is 12.7. The minimum absolute atomic E-state index is 0.320. The summed E-state index contributed by atoms with van der Waals surface area (Å²) >= 11 is 7.26. The minimum Gasteiger partial charge on any atom is -0.480 e. The summed E-state index contributed by atoms with van der Waals surface area (Å²) in [6, 6.07) is 6.52. The molecule has 1 aromatic rings. The number of benzene rings is 1. The van der Waals surface area contributed by atoms with Gasteiger partial charge in [0.1, 0.15) is 6.04 Å². The maximum Gasteiger partial charge on any atom is 0.327 e. The molecule has 1 atom stereocenters. The van der Waals surface area contributed by atoms with Crippen molar-refractivity contribution in [3.05, 3.63) is 34.9 Å². The second-order valence-corrected chi connectivity index (χ2v) is 4.79. The van der Waals surface area contributed by atoms with Crippen molar-refractivity contribution in [2.24, 2.45) is 0 Å². The van der Waals surface area contributed by atoms with Gasteiger partial charge >= 0.3 is 5.97 Å². The number of carbonyl (C=O) groups excluding carboxylic acids is 1. The summed E-state index contributed by atoms with van der Waals surface area (Å²) in [5.74, 6) is -0.0541. The van der Waals surface area contributed by atoms with Crippen LogP contribution in [0.4, 0.5) is 0 Å². The molecule has 2 N–H and O–H groups in total. The Kier molecular flexibility index (Phi) is 5.86. The lowest BCUT2D eigenvalue weighted by Gasteiger charge is -2.10. The van der Waals surface area contributed by atoms with E-state index >= 15 is 0 Å². The molecule has 0 saturated carbocycles. The van der Waals surface area contributed by atoms with Crippen LogP contribution in [0, 0.1) is 0 Å².